The minimum Gasteiger partial charge on any atom is -0.314 e. The number of halogens is 2. The lowest BCUT2D eigenvalue weighted by molar-refractivity contribution is 0.165. The van der Waals surface area contributed by atoms with Crippen LogP contribution in [0.3, 0.4) is 0 Å². The van der Waals surface area contributed by atoms with Gasteiger partial charge in [0.2, 0.25) is 0 Å². The van der Waals surface area contributed by atoms with Crippen LogP contribution in [0.5, 0.6) is 0 Å². The van der Waals surface area contributed by atoms with Gasteiger partial charge in [-0.2, -0.15) is 0 Å². The molecule has 1 aromatic carbocycles. The van der Waals surface area contributed by atoms with Crippen molar-refractivity contribution in [2.75, 3.05) is 19.6 Å². The first-order chi connectivity index (χ1) is 7.25. The maximum Gasteiger partial charge on any atom is 0.0238 e. The summed E-state index contributed by atoms with van der Waals surface area (Å²) in [7, 11) is 0. The lowest BCUT2D eigenvalue weighted by atomic mass is 10.1. The molecular weight excluding hydrogens is 288 g/mol. The molecule has 1 aliphatic rings. The van der Waals surface area contributed by atoms with Crippen LogP contribution in [-0.4, -0.2) is 30.6 Å². The summed E-state index contributed by atoms with van der Waals surface area (Å²) in [6.07, 6.45) is 0. The van der Waals surface area contributed by atoms with E-state index in [9.17, 15) is 0 Å². The van der Waals surface area contributed by atoms with Crippen LogP contribution in [0.25, 0.3) is 0 Å². The number of benzene rings is 1. The highest BCUT2D eigenvalue weighted by Gasteiger charge is 2.17. The van der Waals surface area contributed by atoms with Crippen LogP contribution in [-0.2, 0) is 6.54 Å². The van der Waals surface area contributed by atoms with Crippen LogP contribution >= 0.6 is 28.3 Å². The van der Waals surface area contributed by atoms with E-state index >= 15 is 0 Å². The molecule has 2 rings (SSSR count). The summed E-state index contributed by atoms with van der Waals surface area (Å²) in [6, 6.07) is 9.21. The molecule has 1 unspecified atom stereocenters. The fraction of sp³-hybridized carbons (Fsp3) is 0.500. The van der Waals surface area contributed by atoms with Crippen molar-refractivity contribution in [2.45, 2.75) is 19.5 Å². The Morgan fingerprint density at radius 1 is 1.50 bits per heavy atom. The van der Waals surface area contributed by atoms with E-state index in [-0.39, 0.29) is 12.4 Å². The van der Waals surface area contributed by atoms with Crippen LogP contribution in [0, 0.1) is 0 Å². The minimum absolute atomic E-state index is 0. The molecule has 1 atom stereocenters. The Bertz CT molecular complexity index is 333. The van der Waals surface area contributed by atoms with E-state index in [1.54, 1.807) is 0 Å². The standard InChI is InChI=1S/C12H17BrN2.ClH/c1-10-8-14-5-6-15(10)9-11-3-2-4-12(13)7-11;/h2-4,7,10,14H,5-6,8-9H2,1H3;1H. The number of piperazine rings is 1. The molecule has 0 saturated carbocycles. The fourth-order valence-corrected chi connectivity index (χ4v) is 2.43. The van der Waals surface area contributed by atoms with Crippen molar-refractivity contribution in [3.05, 3.63) is 34.3 Å². The fourth-order valence-electron chi connectivity index (χ4n) is 1.99. The average Bonchev–Trinajstić information content (AvgIpc) is 2.22. The molecule has 1 fully saturated rings. The second-order valence-corrected chi connectivity index (χ2v) is 5.07. The first-order valence-electron chi connectivity index (χ1n) is 5.45. The Morgan fingerprint density at radius 2 is 2.31 bits per heavy atom. The van der Waals surface area contributed by atoms with Gasteiger partial charge in [0.05, 0.1) is 0 Å². The van der Waals surface area contributed by atoms with E-state index in [4.69, 9.17) is 0 Å². The van der Waals surface area contributed by atoms with Gasteiger partial charge in [-0.15, -0.1) is 12.4 Å². The van der Waals surface area contributed by atoms with E-state index in [0.717, 1.165) is 26.2 Å². The third-order valence-electron chi connectivity index (χ3n) is 2.91. The molecule has 4 heteroatoms. The van der Waals surface area contributed by atoms with Crippen molar-refractivity contribution >= 4 is 28.3 Å². The van der Waals surface area contributed by atoms with Crippen molar-refractivity contribution in [1.29, 1.82) is 0 Å². The highest BCUT2D eigenvalue weighted by atomic mass is 79.9. The molecule has 1 saturated heterocycles. The Hall–Kier alpha value is -0.0900. The molecule has 0 aromatic heterocycles. The Labute approximate surface area is 112 Å². The molecule has 1 N–H and O–H groups in total. The SMILES string of the molecule is CC1CNCCN1Cc1cccc(Br)c1.Cl. The topological polar surface area (TPSA) is 15.3 Å². The van der Waals surface area contributed by atoms with Crippen molar-refractivity contribution in [1.82, 2.24) is 10.2 Å². The van der Waals surface area contributed by atoms with Crippen LogP contribution in [0.4, 0.5) is 0 Å². The van der Waals surface area contributed by atoms with Crippen LogP contribution < -0.4 is 5.32 Å². The van der Waals surface area contributed by atoms with Gasteiger partial charge in [-0.1, -0.05) is 28.1 Å². The predicted molar refractivity (Wildman–Crippen MR) is 74.1 cm³/mol. The number of nitrogens with one attached hydrogen (secondary N) is 1. The van der Waals surface area contributed by atoms with E-state index in [1.165, 1.54) is 10.0 Å². The molecular formula is C12H18BrClN2. The quantitative estimate of drug-likeness (QED) is 0.904. The maximum atomic E-state index is 3.51. The smallest absolute Gasteiger partial charge is 0.0238 e. The lowest BCUT2D eigenvalue weighted by Crippen LogP contribution is -2.49. The van der Waals surface area contributed by atoms with Crippen molar-refractivity contribution in [2.24, 2.45) is 0 Å². The summed E-state index contributed by atoms with van der Waals surface area (Å²) < 4.78 is 1.17. The third-order valence-corrected chi connectivity index (χ3v) is 3.41. The molecule has 0 bridgehead atoms. The number of hydrogen-bond donors (Lipinski definition) is 1. The molecule has 90 valence electrons. The zero-order chi connectivity index (χ0) is 10.7. The minimum atomic E-state index is 0. The highest BCUT2D eigenvalue weighted by molar-refractivity contribution is 9.10. The lowest BCUT2D eigenvalue weighted by Gasteiger charge is -2.33. The van der Waals surface area contributed by atoms with Crippen LogP contribution in [0.1, 0.15) is 12.5 Å². The van der Waals surface area contributed by atoms with Crippen molar-refractivity contribution in [3.63, 3.8) is 0 Å². The summed E-state index contributed by atoms with van der Waals surface area (Å²) in [4.78, 5) is 2.53. The molecule has 1 aromatic rings. The van der Waals surface area contributed by atoms with E-state index in [1.807, 2.05) is 0 Å². The maximum absolute atomic E-state index is 3.51. The van der Waals surface area contributed by atoms with Gasteiger partial charge in [0, 0.05) is 36.7 Å². The van der Waals surface area contributed by atoms with E-state index < -0.39 is 0 Å². The zero-order valence-corrected chi connectivity index (χ0v) is 11.9. The third kappa shape index (κ3) is 3.74. The summed E-state index contributed by atoms with van der Waals surface area (Å²) in [6.45, 7) is 6.70. The summed E-state index contributed by atoms with van der Waals surface area (Å²) in [5.74, 6) is 0. The van der Waals surface area contributed by atoms with Crippen LogP contribution in [0.15, 0.2) is 28.7 Å². The van der Waals surface area contributed by atoms with Gasteiger partial charge in [-0.25, -0.2) is 0 Å². The van der Waals surface area contributed by atoms with E-state index in [2.05, 4.69) is 57.3 Å². The number of nitrogens with zero attached hydrogens (tertiary/aromatic N) is 1. The Kier molecular flexibility index (Phi) is 5.76. The molecule has 2 nitrogen and oxygen atoms in total. The zero-order valence-electron chi connectivity index (χ0n) is 9.45. The van der Waals surface area contributed by atoms with Crippen molar-refractivity contribution in [3.8, 4) is 0 Å². The van der Waals surface area contributed by atoms with Gasteiger partial charge in [-0.3, -0.25) is 4.90 Å². The normalized spacial score (nSPS) is 21.5. The Balaban J connectivity index is 0.00000128. The van der Waals surface area contributed by atoms with Crippen molar-refractivity contribution < 1.29 is 0 Å². The van der Waals surface area contributed by atoms with Gasteiger partial charge in [0.15, 0.2) is 0 Å². The van der Waals surface area contributed by atoms with E-state index in [0.29, 0.717) is 6.04 Å². The van der Waals surface area contributed by atoms with Gasteiger partial charge in [-0.05, 0) is 24.6 Å². The number of rotatable bonds is 2. The number of hydrogen-bond acceptors (Lipinski definition) is 2. The largest absolute Gasteiger partial charge is 0.314 e. The molecule has 16 heavy (non-hydrogen) atoms. The molecule has 0 amide bonds. The predicted octanol–water partition coefficient (Wildman–Crippen LogP) is 2.66. The van der Waals surface area contributed by atoms with Gasteiger partial charge in [0.1, 0.15) is 0 Å². The molecule has 1 aliphatic heterocycles. The van der Waals surface area contributed by atoms with Gasteiger partial charge < -0.3 is 5.32 Å². The van der Waals surface area contributed by atoms with Gasteiger partial charge in [0.25, 0.3) is 0 Å². The first kappa shape index (κ1) is 14.0. The second-order valence-electron chi connectivity index (χ2n) is 4.15. The monoisotopic (exact) mass is 304 g/mol. The molecule has 0 spiro atoms. The summed E-state index contributed by atoms with van der Waals surface area (Å²) >= 11 is 3.51. The summed E-state index contributed by atoms with van der Waals surface area (Å²) in [5, 5.41) is 3.41. The first-order valence-corrected chi connectivity index (χ1v) is 6.24. The molecule has 1 heterocycles. The van der Waals surface area contributed by atoms with Crippen LogP contribution in [0.2, 0.25) is 0 Å². The highest BCUT2D eigenvalue weighted by Crippen LogP contribution is 2.15. The molecule has 0 aliphatic carbocycles. The molecule has 0 radical (unpaired) electrons. The Morgan fingerprint density at radius 3 is 3.00 bits per heavy atom. The second kappa shape index (κ2) is 6.60. The van der Waals surface area contributed by atoms with Gasteiger partial charge >= 0.3 is 0 Å². The summed E-state index contributed by atoms with van der Waals surface area (Å²) in [5.41, 5.74) is 1.39. The average molecular weight is 306 g/mol.